The number of hydrogen-bond donors (Lipinski definition) is 1. The van der Waals surface area contributed by atoms with Crippen molar-refractivity contribution in [2.24, 2.45) is 0 Å². The van der Waals surface area contributed by atoms with Gasteiger partial charge < -0.3 is 9.84 Å². The fourth-order valence-electron chi connectivity index (χ4n) is 2.39. The summed E-state index contributed by atoms with van der Waals surface area (Å²) in [5.41, 5.74) is 0.398. The first-order valence-corrected chi connectivity index (χ1v) is 11.8. The number of fused-ring (bicyclic) bond motifs is 1. The molecule has 25 heavy (non-hydrogen) atoms. The zero-order chi connectivity index (χ0) is 18.8. The quantitative estimate of drug-likeness (QED) is 0.336. The van der Waals surface area contributed by atoms with Crippen molar-refractivity contribution in [3.8, 4) is 11.8 Å². The van der Waals surface area contributed by atoms with E-state index in [9.17, 15) is 20.5 Å². The summed E-state index contributed by atoms with van der Waals surface area (Å²) in [5.74, 6) is -0.289. The van der Waals surface area contributed by atoms with Crippen LogP contribution in [0.1, 0.15) is 11.1 Å². The average molecular weight is 379 g/mol. The third kappa shape index (κ3) is 4.48. The summed E-state index contributed by atoms with van der Waals surface area (Å²) in [6.45, 7) is 7.59. The summed E-state index contributed by atoms with van der Waals surface area (Å²) in [4.78, 5) is 10.5. The van der Waals surface area contributed by atoms with Gasteiger partial charge in [0.15, 0.2) is 0 Å². The van der Waals surface area contributed by atoms with Gasteiger partial charge in [-0.25, -0.2) is 0 Å². The Morgan fingerprint density at radius 3 is 2.56 bits per heavy atom. The van der Waals surface area contributed by atoms with Gasteiger partial charge in [0, 0.05) is 26.1 Å². The Bertz CT molecular complexity index is 872. The minimum Gasteiger partial charge on any atom is -0.506 e. The Morgan fingerprint density at radius 2 is 2.00 bits per heavy atom. The zero-order valence-corrected chi connectivity index (χ0v) is 16.1. The molecule has 8 heteroatoms. The van der Waals surface area contributed by atoms with E-state index in [2.05, 4.69) is 19.6 Å². The highest BCUT2D eigenvalue weighted by atomic mass is 35.5. The molecule has 2 rings (SSSR count). The molecule has 6 nitrogen and oxygen atoms in total. The maximum atomic E-state index is 11.1. The van der Waals surface area contributed by atoms with Gasteiger partial charge in [-0.1, -0.05) is 31.2 Å². The molecule has 0 radical (unpaired) electrons. The Hall–Kier alpha value is -2.14. The van der Waals surface area contributed by atoms with Gasteiger partial charge >= 0.3 is 0 Å². The molecule has 0 fully saturated rings. The molecule has 2 aromatic carbocycles. The number of nitrogens with zero attached hydrogens (tertiary/aromatic N) is 2. The highest BCUT2D eigenvalue weighted by molar-refractivity contribution is 6.76. The third-order valence-corrected chi connectivity index (χ3v) is 5.84. The van der Waals surface area contributed by atoms with E-state index in [0.29, 0.717) is 17.6 Å². The zero-order valence-electron chi connectivity index (χ0n) is 14.3. The van der Waals surface area contributed by atoms with Crippen LogP contribution in [-0.4, -0.2) is 24.7 Å². The summed E-state index contributed by atoms with van der Waals surface area (Å²) in [5, 5.41) is 31.2. The summed E-state index contributed by atoms with van der Waals surface area (Å²) in [6, 6.07) is 7.07. The van der Waals surface area contributed by atoms with Gasteiger partial charge in [-0.05, 0) is 29.1 Å². The first-order valence-electron chi connectivity index (χ1n) is 7.74. The van der Waals surface area contributed by atoms with Gasteiger partial charge in [-0.15, -0.1) is 0 Å². The smallest absolute Gasteiger partial charge is 0.288 e. The number of nitro benzene ring substituents is 1. The standard InChI is InChI=1S/C17H19ClN2O4Si/c1-25(2,3)5-4-24-10-12-6-11(9-19)17(21)14-8-16(20(22)23)15(18)7-13(12)14/h6-8,21H,4-5,10H2,1-3H3. The molecule has 0 bridgehead atoms. The lowest BCUT2D eigenvalue weighted by atomic mass is 9.99. The minimum absolute atomic E-state index is 0.0232. The molecule has 1 N–H and O–H groups in total. The molecule has 0 aromatic heterocycles. The summed E-state index contributed by atoms with van der Waals surface area (Å²) >= 11 is 5.99. The highest BCUT2D eigenvalue weighted by Crippen LogP contribution is 2.38. The van der Waals surface area contributed by atoms with E-state index in [1.165, 1.54) is 18.2 Å². The number of halogens is 1. The van der Waals surface area contributed by atoms with E-state index in [-0.39, 0.29) is 34.0 Å². The second-order valence-corrected chi connectivity index (χ2v) is 13.0. The van der Waals surface area contributed by atoms with Crippen LogP contribution in [0, 0.1) is 21.4 Å². The van der Waals surface area contributed by atoms with Crippen molar-refractivity contribution < 1.29 is 14.8 Å². The third-order valence-electron chi connectivity index (χ3n) is 3.83. The van der Waals surface area contributed by atoms with Crippen LogP contribution in [0.4, 0.5) is 5.69 Å². The van der Waals surface area contributed by atoms with E-state index in [0.717, 1.165) is 6.04 Å². The highest BCUT2D eigenvalue weighted by Gasteiger charge is 2.19. The second-order valence-electron chi connectivity index (χ2n) is 7.01. The lowest BCUT2D eigenvalue weighted by molar-refractivity contribution is -0.384. The number of nitriles is 1. The fraction of sp³-hybridized carbons (Fsp3) is 0.353. The predicted octanol–water partition coefficient (Wildman–Crippen LogP) is 4.83. The minimum atomic E-state index is -1.22. The molecule has 0 aliphatic rings. The summed E-state index contributed by atoms with van der Waals surface area (Å²) in [6.07, 6.45) is 0. The Kier molecular flexibility index (Phi) is 5.68. The molecule has 0 atom stereocenters. The van der Waals surface area contributed by atoms with E-state index >= 15 is 0 Å². The van der Waals surface area contributed by atoms with Crippen molar-refractivity contribution in [3.63, 3.8) is 0 Å². The first kappa shape index (κ1) is 19.2. The number of phenolic OH excluding ortho intramolecular Hbond substituents is 1. The van der Waals surface area contributed by atoms with Crippen LogP contribution in [0.25, 0.3) is 10.8 Å². The van der Waals surface area contributed by atoms with Gasteiger partial charge in [0.05, 0.1) is 17.1 Å². The molecule has 0 aliphatic heterocycles. The molecule has 0 amide bonds. The van der Waals surface area contributed by atoms with Crippen molar-refractivity contribution in [2.45, 2.75) is 32.3 Å². The summed E-state index contributed by atoms with van der Waals surface area (Å²) < 4.78 is 5.73. The van der Waals surface area contributed by atoms with Crippen molar-refractivity contribution in [3.05, 3.63) is 44.5 Å². The van der Waals surface area contributed by atoms with Crippen LogP contribution in [0.2, 0.25) is 30.7 Å². The van der Waals surface area contributed by atoms with Crippen LogP contribution < -0.4 is 0 Å². The van der Waals surface area contributed by atoms with E-state index in [4.69, 9.17) is 16.3 Å². The molecule has 0 aliphatic carbocycles. The molecular formula is C17H19ClN2O4Si. The van der Waals surface area contributed by atoms with Crippen LogP contribution in [0.15, 0.2) is 18.2 Å². The number of rotatable bonds is 6. The lowest BCUT2D eigenvalue weighted by Gasteiger charge is -2.16. The van der Waals surface area contributed by atoms with Crippen molar-refractivity contribution >= 4 is 36.1 Å². The maximum absolute atomic E-state index is 11.1. The van der Waals surface area contributed by atoms with E-state index < -0.39 is 13.0 Å². The van der Waals surface area contributed by atoms with Gasteiger partial charge in [-0.2, -0.15) is 5.26 Å². The molecule has 0 saturated heterocycles. The monoisotopic (exact) mass is 378 g/mol. The molecular weight excluding hydrogens is 360 g/mol. The average Bonchev–Trinajstić information content (AvgIpc) is 2.51. The number of phenols is 1. The fourth-order valence-corrected chi connectivity index (χ4v) is 3.38. The largest absolute Gasteiger partial charge is 0.506 e. The predicted molar refractivity (Wildman–Crippen MR) is 99.8 cm³/mol. The van der Waals surface area contributed by atoms with E-state index in [1.807, 2.05) is 6.07 Å². The Morgan fingerprint density at radius 1 is 1.32 bits per heavy atom. The van der Waals surface area contributed by atoms with Crippen LogP contribution in [0.5, 0.6) is 5.75 Å². The van der Waals surface area contributed by atoms with Crippen molar-refractivity contribution in [1.29, 1.82) is 5.26 Å². The Labute approximate surface area is 151 Å². The van der Waals surface area contributed by atoms with Gasteiger partial charge in [0.2, 0.25) is 0 Å². The van der Waals surface area contributed by atoms with Crippen LogP contribution in [0.3, 0.4) is 0 Å². The molecule has 0 spiro atoms. The number of hydrogen-bond acceptors (Lipinski definition) is 5. The number of ether oxygens (including phenoxy) is 1. The van der Waals surface area contributed by atoms with Crippen molar-refractivity contribution in [2.75, 3.05) is 6.61 Å². The van der Waals surface area contributed by atoms with Crippen LogP contribution in [-0.2, 0) is 11.3 Å². The number of aromatic hydroxyl groups is 1. The van der Waals surface area contributed by atoms with Crippen molar-refractivity contribution in [1.82, 2.24) is 0 Å². The molecule has 132 valence electrons. The molecule has 0 heterocycles. The first-order chi connectivity index (χ1) is 11.6. The topological polar surface area (TPSA) is 96.4 Å². The van der Waals surface area contributed by atoms with Gasteiger partial charge in [0.1, 0.15) is 16.8 Å². The van der Waals surface area contributed by atoms with E-state index in [1.54, 1.807) is 0 Å². The molecule has 0 saturated carbocycles. The second kappa shape index (κ2) is 7.40. The Balaban J connectivity index is 2.45. The SMILES string of the molecule is C[Si](C)(C)CCOCc1cc(C#N)c(O)c2cc([N+](=O)[O-])c(Cl)cc12. The number of nitro groups is 1. The maximum Gasteiger partial charge on any atom is 0.288 e. The molecule has 2 aromatic rings. The normalized spacial score (nSPS) is 11.5. The number of benzene rings is 2. The lowest BCUT2D eigenvalue weighted by Crippen LogP contribution is -2.21. The summed E-state index contributed by atoms with van der Waals surface area (Å²) in [7, 11) is -1.22. The molecule has 0 unspecified atom stereocenters. The van der Waals surface area contributed by atoms with Crippen LogP contribution >= 0.6 is 11.6 Å². The van der Waals surface area contributed by atoms with Gasteiger partial charge in [0.25, 0.3) is 5.69 Å². The van der Waals surface area contributed by atoms with Gasteiger partial charge in [-0.3, -0.25) is 10.1 Å².